The normalized spacial score (nSPS) is 47.2. The van der Waals surface area contributed by atoms with Crippen LogP contribution in [0.4, 0.5) is 0 Å². The number of rotatable bonds is 5. The number of hydrogen-bond acceptors (Lipinski definition) is 3. The predicted octanol–water partition coefficient (Wildman–Crippen LogP) is 3.04. The van der Waals surface area contributed by atoms with E-state index in [0.717, 1.165) is 24.3 Å². The summed E-state index contributed by atoms with van der Waals surface area (Å²) in [5.74, 6) is -3.71. The van der Waals surface area contributed by atoms with Crippen molar-refractivity contribution in [3.8, 4) is 5.75 Å². The summed E-state index contributed by atoms with van der Waals surface area (Å²) in [6.07, 6.45) is -20.5. The second kappa shape index (κ2) is 6.59. The molecule has 0 unspecified atom stereocenters. The van der Waals surface area contributed by atoms with Gasteiger partial charge >= 0.3 is 0 Å². The molecule has 0 bridgehead atoms. The second-order valence-corrected chi connectivity index (χ2v) is 4.11. The Morgan fingerprint density at radius 2 is 2.10 bits per heavy atom. The number of ether oxygens (including phenoxy) is 1. The second-order valence-electron chi connectivity index (χ2n) is 4.11. The molecule has 0 radical (unpaired) electrons. The molecule has 1 aromatic carbocycles. The van der Waals surface area contributed by atoms with Gasteiger partial charge in [0.05, 0.1) is 12.7 Å². The minimum Gasteiger partial charge on any atom is -0.497 e. The summed E-state index contributed by atoms with van der Waals surface area (Å²) in [6.45, 7) is -7.10. The lowest BCUT2D eigenvalue weighted by molar-refractivity contribution is -0.0277. The van der Waals surface area contributed by atoms with E-state index in [1.165, 1.54) is 7.11 Å². The highest BCUT2D eigenvalue weighted by Crippen LogP contribution is 2.40. The van der Waals surface area contributed by atoms with Crippen molar-refractivity contribution in [2.45, 2.75) is 43.4 Å². The first-order valence-electron chi connectivity index (χ1n) is 13.8. The maximum absolute atomic E-state index is 11.9. The fraction of sp³-hybridized carbons (Fsp3) is 0.647. The Balaban J connectivity index is 3.19. The number of hydrogen-bond donors (Lipinski definition) is 1. The van der Waals surface area contributed by atoms with Gasteiger partial charge in [0.2, 0.25) is 0 Å². The van der Waals surface area contributed by atoms with Crippen molar-refractivity contribution in [1.29, 1.82) is 0 Å². The number of methoxy groups -OCH3 is 1. The van der Waals surface area contributed by atoms with Crippen molar-refractivity contribution in [3.63, 3.8) is 0 Å². The minimum absolute atomic E-state index is 0.0598. The Morgan fingerprint density at radius 1 is 1.45 bits per heavy atom. The molecule has 1 fully saturated rings. The van der Waals surface area contributed by atoms with Crippen LogP contribution in [-0.2, 0) is 0 Å². The van der Waals surface area contributed by atoms with Crippen molar-refractivity contribution in [1.82, 2.24) is 4.90 Å². The van der Waals surface area contributed by atoms with E-state index in [9.17, 15) is 6.48 Å². The van der Waals surface area contributed by atoms with Crippen LogP contribution in [0.2, 0.25) is 0 Å². The van der Waals surface area contributed by atoms with Crippen LogP contribution in [0.5, 0.6) is 5.75 Å². The maximum Gasteiger partial charge on any atom is 0.118 e. The molecule has 0 spiro atoms. The summed E-state index contributed by atoms with van der Waals surface area (Å²) in [7, 11) is 1.90. The van der Waals surface area contributed by atoms with Gasteiger partial charge in [-0.05, 0) is 44.5 Å². The van der Waals surface area contributed by atoms with Crippen molar-refractivity contribution in [2.24, 2.45) is 0 Å². The molecule has 1 aromatic rings. The summed E-state index contributed by atoms with van der Waals surface area (Å²) in [4.78, 5) is -0.0598. The Kier molecular flexibility index (Phi) is 1.56. The largest absolute Gasteiger partial charge is 0.497 e. The van der Waals surface area contributed by atoms with Gasteiger partial charge in [0.25, 0.3) is 0 Å². The molecule has 0 heterocycles. The lowest BCUT2D eigenvalue weighted by Gasteiger charge is -2.40. The van der Waals surface area contributed by atoms with E-state index >= 15 is 0 Å². The quantitative estimate of drug-likeness (QED) is 0.906. The summed E-state index contributed by atoms with van der Waals surface area (Å²) in [6, 6.07) is 4.03. The number of benzene rings is 1. The first-order chi connectivity index (χ1) is 15.7. The lowest BCUT2D eigenvalue weighted by atomic mass is 9.72. The molecule has 1 saturated carbocycles. The SMILES string of the molecule is [2H]C([2H])([2H])N(C)C([2H])([2H])[C@]([2H])(c1ccc(OC)cc1)C1(O)C([2H])([2H])C([2H])([2H])C([2H])([2H])C([2H])([2H])C1([2H])[2H]. The van der Waals surface area contributed by atoms with Crippen LogP contribution in [0, 0.1) is 0 Å². The van der Waals surface area contributed by atoms with E-state index in [1.807, 2.05) is 0 Å². The van der Waals surface area contributed by atoms with Gasteiger partial charge in [0.1, 0.15) is 5.75 Å². The van der Waals surface area contributed by atoms with Crippen molar-refractivity contribution in [3.05, 3.63) is 29.8 Å². The van der Waals surface area contributed by atoms with Gasteiger partial charge in [-0.3, -0.25) is 0 Å². The van der Waals surface area contributed by atoms with Gasteiger partial charge in [0.15, 0.2) is 0 Å². The monoisotopic (exact) mass is 293 g/mol. The zero-order valence-corrected chi connectivity index (χ0v) is 11.1. The molecule has 112 valence electrons. The van der Waals surface area contributed by atoms with Gasteiger partial charge in [-0.15, -0.1) is 0 Å². The van der Waals surface area contributed by atoms with Crippen LogP contribution in [0.3, 0.4) is 0 Å². The van der Waals surface area contributed by atoms with Gasteiger partial charge in [-0.25, -0.2) is 0 Å². The average Bonchev–Trinajstić information content (AvgIpc) is 2.75. The van der Waals surface area contributed by atoms with E-state index in [1.54, 1.807) is 0 Å². The van der Waals surface area contributed by atoms with Gasteiger partial charge in [-0.2, -0.15) is 0 Å². The Hall–Kier alpha value is -1.06. The molecule has 1 aliphatic carbocycles. The zero-order chi connectivity index (χ0) is 28.8. The summed E-state index contributed by atoms with van der Waals surface area (Å²) in [5.41, 5.74) is -5.14. The van der Waals surface area contributed by atoms with Crippen molar-refractivity contribution in [2.75, 3.05) is 27.6 Å². The van der Waals surface area contributed by atoms with E-state index in [0.29, 0.717) is 7.05 Å². The number of aliphatic hydroxyl groups is 1. The third kappa shape index (κ3) is 3.53. The maximum atomic E-state index is 11.9. The molecule has 2 rings (SSSR count). The molecule has 1 aliphatic rings. The van der Waals surface area contributed by atoms with Crippen LogP contribution < -0.4 is 4.74 Å². The first kappa shape index (κ1) is 4.72. The van der Waals surface area contributed by atoms with E-state index in [-0.39, 0.29) is 10.6 Å². The minimum atomic E-state index is -4.39. The van der Waals surface area contributed by atoms with Gasteiger partial charge in [-0.1, -0.05) is 31.3 Å². The van der Waals surface area contributed by atoms with Crippen LogP contribution >= 0.6 is 0 Å². The number of nitrogens with zero attached hydrogens (tertiary/aromatic N) is 1. The highest BCUT2D eigenvalue weighted by atomic mass is 16.5. The molecule has 0 aliphatic heterocycles. The zero-order valence-electron chi connectivity index (χ0n) is 27.1. The predicted molar refractivity (Wildman–Crippen MR) is 82.3 cm³/mol. The molecule has 0 aromatic heterocycles. The fourth-order valence-electron chi connectivity index (χ4n) is 1.71. The summed E-state index contributed by atoms with van der Waals surface area (Å²) in [5, 5.41) is 11.9. The molecule has 0 amide bonds. The highest BCUT2D eigenvalue weighted by molar-refractivity contribution is 5.31. The standard InChI is InChI=1S/C17H27NO2/c1-18(2)13-16(17(19)11-5-4-6-12-17)14-7-9-15(20-3)10-8-14/h7-10,16,19H,4-6,11-13H2,1-3H3/t16-/m1/s1/i1D3,4D2,5D2,6D2,11D2,12D2,13D2,16D. The van der Waals surface area contributed by atoms with Crippen LogP contribution in [0.1, 0.15) is 65.3 Å². The number of likely N-dealkylation sites (N-methyl/N-ethyl adjacent to an activating group) is 1. The van der Waals surface area contributed by atoms with Crippen molar-refractivity contribution >= 4 is 0 Å². The van der Waals surface area contributed by atoms with Gasteiger partial charge in [0, 0.05) is 34.3 Å². The topological polar surface area (TPSA) is 32.7 Å². The Morgan fingerprint density at radius 3 is 2.65 bits per heavy atom. The van der Waals surface area contributed by atoms with E-state index in [2.05, 4.69) is 0 Å². The lowest BCUT2D eigenvalue weighted by Crippen LogP contribution is -2.42. The van der Waals surface area contributed by atoms with Crippen LogP contribution in [0.15, 0.2) is 24.3 Å². The molecule has 1 N–H and O–H groups in total. The summed E-state index contributed by atoms with van der Waals surface area (Å²) >= 11 is 0. The molecular weight excluding hydrogens is 250 g/mol. The molecule has 0 saturated heterocycles. The Labute approximate surface area is 145 Å². The highest BCUT2D eigenvalue weighted by Gasteiger charge is 2.38. The molecule has 20 heavy (non-hydrogen) atoms. The van der Waals surface area contributed by atoms with Crippen LogP contribution in [-0.4, -0.2) is 43.2 Å². The molecule has 3 nitrogen and oxygen atoms in total. The van der Waals surface area contributed by atoms with Crippen LogP contribution in [0.25, 0.3) is 0 Å². The Bertz CT molecular complexity index is 959. The third-order valence-corrected chi connectivity index (χ3v) is 2.63. The van der Waals surface area contributed by atoms with Crippen molar-refractivity contribution < 1.29 is 31.8 Å². The molecule has 3 heteroatoms. The van der Waals surface area contributed by atoms with Gasteiger partial charge < -0.3 is 14.7 Å². The van der Waals surface area contributed by atoms with E-state index in [4.69, 9.17) is 25.3 Å². The fourth-order valence-corrected chi connectivity index (χ4v) is 1.71. The summed E-state index contributed by atoms with van der Waals surface area (Å²) < 4.78 is 137. The first-order valence-corrected chi connectivity index (χ1v) is 5.80. The average molecular weight is 294 g/mol. The molecule has 1 atom stereocenters. The van der Waals surface area contributed by atoms with E-state index < -0.39 is 62.4 Å². The smallest absolute Gasteiger partial charge is 0.118 e. The third-order valence-electron chi connectivity index (χ3n) is 2.63. The molecular formula is C17H27NO2.